The van der Waals surface area contributed by atoms with Crippen LogP contribution in [0.15, 0.2) is 54.0 Å². The Labute approximate surface area is 173 Å². The Morgan fingerprint density at radius 2 is 2.07 bits per heavy atom. The smallest absolute Gasteiger partial charge is 0.226 e. The molecule has 0 saturated heterocycles. The van der Waals surface area contributed by atoms with Crippen LogP contribution >= 0.6 is 0 Å². The standard InChI is InChI=1S/C22H21N5O3/c1-29-14-8-9-15(18(11-14)30-2)20-19-16(6-3-7-17(19)28)24-22-25-21(26-27(20)22)13-5-4-10-23-12-13/h4-5,8-12,20H,3,6-7H2,1-2H3,(H,24,25,26). The van der Waals surface area contributed by atoms with Crippen LogP contribution in [0.25, 0.3) is 11.4 Å². The van der Waals surface area contributed by atoms with Crippen molar-refractivity contribution in [2.24, 2.45) is 0 Å². The van der Waals surface area contributed by atoms with E-state index in [0.29, 0.717) is 29.7 Å². The van der Waals surface area contributed by atoms with Crippen LogP contribution in [-0.4, -0.2) is 39.8 Å². The maximum absolute atomic E-state index is 13.0. The van der Waals surface area contributed by atoms with Gasteiger partial charge in [0.1, 0.15) is 17.5 Å². The molecule has 0 radical (unpaired) electrons. The average molecular weight is 403 g/mol. The van der Waals surface area contributed by atoms with Crippen molar-refractivity contribution in [2.75, 3.05) is 19.5 Å². The zero-order chi connectivity index (χ0) is 20.7. The van der Waals surface area contributed by atoms with Crippen LogP contribution < -0.4 is 14.8 Å². The Morgan fingerprint density at radius 1 is 1.17 bits per heavy atom. The summed E-state index contributed by atoms with van der Waals surface area (Å²) in [4.78, 5) is 21.8. The second-order valence-electron chi connectivity index (χ2n) is 7.25. The van der Waals surface area contributed by atoms with Gasteiger partial charge in [-0.1, -0.05) is 0 Å². The SMILES string of the molecule is COc1ccc(C2C3=C(CCCC3=O)Nc3nc(-c4cccnc4)nn32)c(OC)c1. The van der Waals surface area contributed by atoms with Gasteiger partial charge in [-0.15, -0.1) is 5.10 Å². The largest absolute Gasteiger partial charge is 0.497 e. The summed E-state index contributed by atoms with van der Waals surface area (Å²) < 4.78 is 12.8. The summed E-state index contributed by atoms with van der Waals surface area (Å²) >= 11 is 0. The van der Waals surface area contributed by atoms with Crippen molar-refractivity contribution in [3.8, 4) is 22.9 Å². The highest BCUT2D eigenvalue weighted by atomic mass is 16.5. The number of anilines is 1. The van der Waals surface area contributed by atoms with E-state index in [2.05, 4.69) is 10.3 Å². The van der Waals surface area contributed by atoms with Gasteiger partial charge in [-0.3, -0.25) is 9.78 Å². The Kier molecular flexibility index (Phi) is 4.46. The fourth-order valence-corrected chi connectivity index (χ4v) is 4.11. The summed E-state index contributed by atoms with van der Waals surface area (Å²) in [6.45, 7) is 0. The number of ketones is 1. The highest BCUT2D eigenvalue weighted by Crippen LogP contribution is 2.43. The van der Waals surface area contributed by atoms with Crippen LogP contribution in [0.4, 0.5) is 5.95 Å². The quantitative estimate of drug-likeness (QED) is 0.714. The fourth-order valence-electron chi connectivity index (χ4n) is 4.11. The number of allylic oxidation sites excluding steroid dienone is 2. The molecule has 152 valence electrons. The second-order valence-corrected chi connectivity index (χ2v) is 7.25. The number of benzene rings is 1. The number of nitrogens with one attached hydrogen (secondary N) is 1. The van der Waals surface area contributed by atoms with Gasteiger partial charge >= 0.3 is 0 Å². The number of pyridine rings is 1. The van der Waals surface area contributed by atoms with Crippen molar-refractivity contribution < 1.29 is 14.3 Å². The van der Waals surface area contributed by atoms with Crippen LogP contribution in [0.1, 0.15) is 30.9 Å². The number of hydrogen-bond acceptors (Lipinski definition) is 7. The number of fused-ring (bicyclic) bond motifs is 1. The molecule has 0 saturated carbocycles. The fraction of sp³-hybridized carbons (Fsp3) is 0.273. The van der Waals surface area contributed by atoms with Gasteiger partial charge in [-0.25, -0.2) is 4.68 Å². The number of hydrogen-bond donors (Lipinski definition) is 1. The summed E-state index contributed by atoms with van der Waals surface area (Å²) in [5.41, 5.74) is 3.28. The van der Waals surface area contributed by atoms with Gasteiger partial charge < -0.3 is 14.8 Å². The molecule has 5 rings (SSSR count). The third-order valence-corrected chi connectivity index (χ3v) is 5.52. The van der Waals surface area contributed by atoms with Crippen LogP contribution in [-0.2, 0) is 4.79 Å². The minimum absolute atomic E-state index is 0.121. The summed E-state index contributed by atoms with van der Waals surface area (Å²) in [7, 11) is 3.22. The first-order valence-corrected chi connectivity index (χ1v) is 9.81. The highest BCUT2D eigenvalue weighted by Gasteiger charge is 2.38. The Balaban J connectivity index is 1.71. The van der Waals surface area contributed by atoms with Crippen molar-refractivity contribution in [1.29, 1.82) is 0 Å². The second kappa shape index (κ2) is 7.29. The zero-order valence-corrected chi connectivity index (χ0v) is 16.8. The maximum Gasteiger partial charge on any atom is 0.226 e. The van der Waals surface area contributed by atoms with Gasteiger partial charge in [0, 0.05) is 47.3 Å². The summed E-state index contributed by atoms with van der Waals surface area (Å²) in [6, 6.07) is 8.95. The lowest BCUT2D eigenvalue weighted by atomic mass is 9.85. The minimum atomic E-state index is -0.428. The molecule has 1 aromatic carbocycles. The van der Waals surface area contributed by atoms with E-state index in [1.54, 1.807) is 31.3 Å². The van der Waals surface area contributed by atoms with Crippen LogP contribution in [0.5, 0.6) is 11.5 Å². The predicted octanol–water partition coefficient (Wildman–Crippen LogP) is 3.38. The van der Waals surface area contributed by atoms with Gasteiger partial charge in [-0.05, 0) is 37.1 Å². The van der Waals surface area contributed by atoms with Crippen molar-refractivity contribution in [1.82, 2.24) is 19.7 Å². The number of aromatic nitrogens is 4. The van der Waals surface area contributed by atoms with E-state index in [1.807, 2.05) is 30.3 Å². The Hall–Kier alpha value is -3.68. The molecule has 3 aromatic rings. The van der Waals surface area contributed by atoms with E-state index >= 15 is 0 Å². The number of rotatable bonds is 4. The van der Waals surface area contributed by atoms with E-state index in [4.69, 9.17) is 19.6 Å². The molecule has 1 aliphatic heterocycles. The monoisotopic (exact) mass is 403 g/mol. The van der Waals surface area contributed by atoms with E-state index in [-0.39, 0.29) is 5.78 Å². The molecule has 1 N–H and O–H groups in total. The van der Waals surface area contributed by atoms with Gasteiger partial charge in [0.15, 0.2) is 11.6 Å². The third kappa shape index (κ3) is 2.92. The molecule has 0 spiro atoms. The van der Waals surface area contributed by atoms with E-state index < -0.39 is 6.04 Å². The van der Waals surface area contributed by atoms with Crippen LogP contribution in [0, 0.1) is 0 Å². The third-order valence-electron chi connectivity index (χ3n) is 5.52. The van der Waals surface area contributed by atoms with Crippen LogP contribution in [0.2, 0.25) is 0 Å². The van der Waals surface area contributed by atoms with Gasteiger partial charge in [0.05, 0.1) is 14.2 Å². The Bertz CT molecular complexity index is 1150. The lowest BCUT2D eigenvalue weighted by Gasteiger charge is -2.32. The molecular weight excluding hydrogens is 382 g/mol. The Morgan fingerprint density at radius 3 is 2.83 bits per heavy atom. The van der Waals surface area contributed by atoms with Crippen molar-refractivity contribution >= 4 is 11.7 Å². The van der Waals surface area contributed by atoms with Crippen LogP contribution in [0.3, 0.4) is 0 Å². The van der Waals surface area contributed by atoms with Crippen molar-refractivity contribution in [3.63, 3.8) is 0 Å². The molecular formula is C22H21N5O3. The topological polar surface area (TPSA) is 91.2 Å². The van der Waals surface area contributed by atoms with Crippen molar-refractivity contribution in [2.45, 2.75) is 25.3 Å². The molecule has 1 unspecified atom stereocenters. The number of methoxy groups -OCH3 is 2. The molecule has 0 bridgehead atoms. The highest BCUT2D eigenvalue weighted by molar-refractivity contribution is 5.99. The molecule has 1 aliphatic carbocycles. The number of carbonyl (C=O) groups excluding carboxylic acids is 1. The molecule has 8 nitrogen and oxygen atoms in total. The van der Waals surface area contributed by atoms with Gasteiger partial charge in [0.2, 0.25) is 5.95 Å². The van der Waals surface area contributed by atoms with Crippen molar-refractivity contribution in [3.05, 3.63) is 59.6 Å². The predicted molar refractivity (Wildman–Crippen MR) is 110 cm³/mol. The lowest BCUT2D eigenvalue weighted by Crippen LogP contribution is -2.31. The van der Waals surface area contributed by atoms with Gasteiger partial charge in [0.25, 0.3) is 0 Å². The maximum atomic E-state index is 13.0. The number of Topliss-reactive ketones (excluding diaryl/α,β-unsaturated/α-hetero) is 1. The molecule has 1 atom stereocenters. The molecule has 3 heterocycles. The first-order chi connectivity index (χ1) is 14.7. The summed E-state index contributed by atoms with van der Waals surface area (Å²) in [5, 5.41) is 8.09. The normalized spacial score (nSPS) is 17.8. The van der Waals surface area contributed by atoms with E-state index in [0.717, 1.165) is 35.2 Å². The summed E-state index contributed by atoms with van der Waals surface area (Å²) in [5.74, 6) is 2.59. The first kappa shape index (κ1) is 18.4. The number of carbonyl (C=O) groups is 1. The summed E-state index contributed by atoms with van der Waals surface area (Å²) in [6.07, 6.45) is 5.57. The molecule has 0 amide bonds. The van der Waals surface area contributed by atoms with E-state index in [9.17, 15) is 4.79 Å². The zero-order valence-electron chi connectivity index (χ0n) is 16.8. The van der Waals surface area contributed by atoms with E-state index in [1.165, 1.54) is 0 Å². The average Bonchev–Trinajstić information content (AvgIpc) is 3.22. The van der Waals surface area contributed by atoms with Gasteiger partial charge in [-0.2, -0.15) is 4.98 Å². The number of ether oxygens (including phenoxy) is 2. The number of nitrogens with zero attached hydrogens (tertiary/aromatic N) is 4. The minimum Gasteiger partial charge on any atom is -0.497 e. The molecule has 2 aliphatic rings. The molecule has 30 heavy (non-hydrogen) atoms. The molecule has 8 heteroatoms. The lowest BCUT2D eigenvalue weighted by molar-refractivity contribution is -0.116. The molecule has 2 aromatic heterocycles. The molecule has 0 fully saturated rings. The first-order valence-electron chi connectivity index (χ1n) is 9.81.